The van der Waals surface area contributed by atoms with Crippen molar-refractivity contribution in [3.8, 4) is 5.75 Å². The number of carbonyl (C=O) groups excluding carboxylic acids is 2. The monoisotopic (exact) mass is 437 g/mol. The molecule has 0 bridgehead atoms. The highest BCUT2D eigenvalue weighted by molar-refractivity contribution is 5.95. The van der Waals surface area contributed by atoms with Crippen molar-refractivity contribution in [1.29, 1.82) is 0 Å². The number of anilines is 2. The molecule has 2 aliphatic rings. The van der Waals surface area contributed by atoms with Crippen molar-refractivity contribution >= 4 is 23.2 Å². The van der Waals surface area contributed by atoms with Gasteiger partial charge in [-0.3, -0.25) is 9.59 Å². The zero-order chi connectivity index (χ0) is 22.7. The van der Waals surface area contributed by atoms with Crippen LogP contribution in [-0.2, 0) is 19.7 Å². The van der Waals surface area contributed by atoms with Gasteiger partial charge in [0.15, 0.2) is 6.10 Å². The number of fused-ring (bicyclic) bond motifs is 1. The highest BCUT2D eigenvalue weighted by Crippen LogP contribution is 2.33. The van der Waals surface area contributed by atoms with Crippen molar-refractivity contribution in [1.82, 2.24) is 4.90 Å². The largest absolute Gasteiger partial charge is 0.477 e. The average molecular weight is 438 g/mol. The van der Waals surface area contributed by atoms with Gasteiger partial charge < -0.3 is 24.6 Å². The summed E-state index contributed by atoms with van der Waals surface area (Å²) in [5.74, 6) is 0.418. The first-order chi connectivity index (χ1) is 15.3. The number of rotatable bonds is 4. The molecule has 1 saturated heterocycles. The maximum Gasteiger partial charge on any atom is 0.265 e. The molecular formula is C25H31N3O4. The Morgan fingerprint density at radius 3 is 2.41 bits per heavy atom. The average Bonchev–Trinajstić information content (AvgIpc) is 2.79. The minimum Gasteiger partial charge on any atom is -0.477 e. The number of hydrogen-bond donors (Lipinski definition) is 1. The quantitative estimate of drug-likeness (QED) is 0.796. The fourth-order valence-electron chi connectivity index (χ4n) is 4.00. The van der Waals surface area contributed by atoms with Crippen molar-refractivity contribution in [2.45, 2.75) is 32.3 Å². The third kappa shape index (κ3) is 5.05. The second-order valence-corrected chi connectivity index (χ2v) is 9.27. The number of nitrogens with zero attached hydrogens (tertiary/aromatic N) is 2. The Hall–Kier alpha value is -3.06. The van der Waals surface area contributed by atoms with Gasteiger partial charge in [0.2, 0.25) is 5.91 Å². The van der Waals surface area contributed by atoms with Crippen LogP contribution in [0.3, 0.4) is 0 Å². The smallest absolute Gasteiger partial charge is 0.265 e. The van der Waals surface area contributed by atoms with Crippen LogP contribution < -0.4 is 15.0 Å². The van der Waals surface area contributed by atoms with Crippen LogP contribution in [0.2, 0.25) is 0 Å². The highest BCUT2D eigenvalue weighted by Gasteiger charge is 2.34. The third-order valence-electron chi connectivity index (χ3n) is 5.83. The zero-order valence-electron chi connectivity index (χ0n) is 19.0. The minimum atomic E-state index is -0.651. The summed E-state index contributed by atoms with van der Waals surface area (Å²) in [6, 6.07) is 15.5. The van der Waals surface area contributed by atoms with E-state index in [-0.39, 0.29) is 23.8 Å². The number of nitrogens with one attached hydrogen (secondary N) is 1. The molecule has 7 heteroatoms. The van der Waals surface area contributed by atoms with E-state index in [9.17, 15) is 9.59 Å². The molecule has 0 aromatic heterocycles. The number of hydrogen-bond acceptors (Lipinski definition) is 5. The van der Waals surface area contributed by atoms with Gasteiger partial charge >= 0.3 is 0 Å². The van der Waals surface area contributed by atoms with Crippen LogP contribution in [0.25, 0.3) is 0 Å². The van der Waals surface area contributed by atoms with Crippen molar-refractivity contribution in [2.75, 3.05) is 49.6 Å². The standard InChI is InChI=1S/C25H31N3O4/c1-25(2,3)18-8-10-19(11-9-18)26-23(29)17-28-16-22(24(30)27-12-14-31-15-13-27)32-21-7-5-4-6-20(21)28/h4-11,22H,12-17H2,1-3H3,(H,26,29)/t22-/m1/s1. The summed E-state index contributed by atoms with van der Waals surface area (Å²) in [5, 5.41) is 2.97. The molecule has 0 unspecified atom stereocenters. The van der Waals surface area contributed by atoms with Crippen LogP contribution in [0.15, 0.2) is 48.5 Å². The van der Waals surface area contributed by atoms with Crippen LogP contribution in [-0.4, -0.2) is 62.2 Å². The molecule has 1 atom stereocenters. The molecule has 32 heavy (non-hydrogen) atoms. The van der Waals surface area contributed by atoms with Gasteiger partial charge in [-0.15, -0.1) is 0 Å². The predicted molar refractivity (Wildman–Crippen MR) is 124 cm³/mol. The van der Waals surface area contributed by atoms with Gasteiger partial charge in [0.1, 0.15) is 5.75 Å². The molecule has 0 saturated carbocycles. The van der Waals surface area contributed by atoms with Gasteiger partial charge in [0.05, 0.1) is 32.0 Å². The molecule has 0 spiro atoms. The molecule has 0 radical (unpaired) electrons. The Balaban J connectivity index is 1.45. The van der Waals surface area contributed by atoms with Gasteiger partial charge in [0.25, 0.3) is 5.91 Å². The van der Waals surface area contributed by atoms with Crippen LogP contribution in [0.5, 0.6) is 5.75 Å². The van der Waals surface area contributed by atoms with E-state index in [2.05, 4.69) is 26.1 Å². The lowest BCUT2D eigenvalue weighted by atomic mass is 9.87. The summed E-state index contributed by atoms with van der Waals surface area (Å²) in [4.78, 5) is 29.6. The maximum atomic E-state index is 13.0. The molecule has 4 rings (SSSR count). The molecule has 2 aromatic rings. The molecule has 0 aliphatic carbocycles. The van der Waals surface area contributed by atoms with Gasteiger partial charge in [-0.1, -0.05) is 45.0 Å². The van der Waals surface area contributed by atoms with E-state index < -0.39 is 6.10 Å². The van der Waals surface area contributed by atoms with E-state index in [1.807, 2.05) is 53.4 Å². The second-order valence-electron chi connectivity index (χ2n) is 9.27. The van der Waals surface area contributed by atoms with Crippen LogP contribution >= 0.6 is 0 Å². The zero-order valence-corrected chi connectivity index (χ0v) is 19.0. The normalized spacial score (nSPS) is 18.5. The SMILES string of the molecule is CC(C)(C)c1ccc(NC(=O)CN2C[C@H](C(=O)N3CCOCC3)Oc3ccccc32)cc1. The first-order valence-electron chi connectivity index (χ1n) is 11.1. The molecule has 2 amide bonds. The van der Waals surface area contributed by atoms with Gasteiger partial charge in [-0.25, -0.2) is 0 Å². The van der Waals surface area contributed by atoms with E-state index in [4.69, 9.17) is 9.47 Å². The fourth-order valence-corrected chi connectivity index (χ4v) is 4.00. The van der Waals surface area contributed by atoms with Gasteiger partial charge in [0, 0.05) is 18.8 Å². The van der Waals surface area contributed by atoms with Crippen LogP contribution in [0.1, 0.15) is 26.3 Å². The number of ether oxygens (including phenoxy) is 2. The van der Waals surface area contributed by atoms with E-state index in [0.29, 0.717) is 38.6 Å². The Morgan fingerprint density at radius 1 is 1.03 bits per heavy atom. The molecule has 170 valence electrons. The summed E-state index contributed by atoms with van der Waals surface area (Å²) in [5.41, 5.74) is 2.84. The Labute approximate surface area is 189 Å². The van der Waals surface area contributed by atoms with Crippen LogP contribution in [0, 0.1) is 0 Å². The number of benzene rings is 2. The summed E-state index contributed by atoms with van der Waals surface area (Å²) in [7, 11) is 0. The summed E-state index contributed by atoms with van der Waals surface area (Å²) in [6.07, 6.45) is -0.651. The number of carbonyl (C=O) groups is 2. The number of para-hydroxylation sites is 2. The topological polar surface area (TPSA) is 71.1 Å². The lowest BCUT2D eigenvalue weighted by Gasteiger charge is -2.38. The van der Waals surface area contributed by atoms with Crippen molar-refractivity contribution in [2.24, 2.45) is 0 Å². The Kier molecular flexibility index (Phi) is 6.37. The Bertz CT molecular complexity index is 962. The molecule has 2 aromatic carbocycles. The van der Waals surface area contributed by atoms with E-state index in [1.165, 1.54) is 5.56 Å². The molecule has 2 heterocycles. The Morgan fingerprint density at radius 2 is 1.72 bits per heavy atom. The van der Waals surface area contributed by atoms with E-state index in [0.717, 1.165) is 11.4 Å². The maximum absolute atomic E-state index is 13.0. The fraction of sp³-hybridized carbons (Fsp3) is 0.440. The second kappa shape index (κ2) is 9.20. The molecular weight excluding hydrogens is 406 g/mol. The van der Waals surface area contributed by atoms with E-state index in [1.54, 1.807) is 4.90 Å². The lowest BCUT2D eigenvalue weighted by Crippen LogP contribution is -2.53. The summed E-state index contributed by atoms with van der Waals surface area (Å²) >= 11 is 0. The first-order valence-corrected chi connectivity index (χ1v) is 11.1. The third-order valence-corrected chi connectivity index (χ3v) is 5.83. The summed E-state index contributed by atoms with van der Waals surface area (Å²) < 4.78 is 11.4. The van der Waals surface area contributed by atoms with E-state index >= 15 is 0 Å². The van der Waals surface area contributed by atoms with Gasteiger partial charge in [-0.2, -0.15) is 0 Å². The molecule has 2 aliphatic heterocycles. The molecule has 1 fully saturated rings. The summed E-state index contributed by atoms with van der Waals surface area (Å²) in [6.45, 7) is 9.13. The minimum absolute atomic E-state index is 0.0576. The highest BCUT2D eigenvalue weighted by atomic mass is 16.5. The molecule has 1 N–H and O–H groups in total. The molecule has 7 nitrogen and oxygen atoms in total. The predicted octanol–water partition coefficient (Wildman–Crippen LogP) is 3.05. The number of morpholine rings is 1. The number of amides is 2. The van der Waals surface area contributed by atoms with Crippen molar-refractivity contribution in [3.63, 3.8) is 0 Å². The van der Waals surface area contributed by atoms with Crippen LogP contribution in [0.4, 0.5) is 11.4 Å². The lowest BCUT2D eigenvalue weighted by molar-refractivity contribution is -0.142. The first kappa shape index (κ1) is 22.1. The van der Waals surface area contributed by atoms with Crippen molar-refractivity contribution in [3.05, 3.63) is 54.1 Å². The van der Waals surface area contributed by atoms with Crippen molar-refractivity contribution < 1.29 is 19.1 Å². The van der Waals surface area contributed by atoms with Gasteiger partial charge in [-0.05, 0) is 35.2 Å².